The number of aliphatic hydroxyl groups excluding tert-OH is 1. The molecule has 0 atom stereocenters. The van der Waals surface area contributed by atoms with E-state index in [-0.39, 0.29) is 17.4 Å². The van der Waals surface area contributed by atoms with E-state index in [1.165, 1.54) is 12.6 Å². The molecular weight excluding hydrogens is 514 g/mol. The molecule has 0 spiro atoms. The van der Waals surface area contributed by atoms with E-state index in [1.54, 1.807) is 24.3 Å². The molecule has 6 nitrogen and oxygen atoms in total. The average Bonchev–Trinajstić information content (AvgIpc) is 2.78. The summed E-state index contributed by atoms with van der Waals surface area (Å²) in [5.41, 5.74) is 2.59. The summed E-state index contributed by atoms with van der Waals surface area (Å²) in [5, 5.41) is 17.8. The van der Waals surface area contributed by atoms with Crippen LogP contribution in [0.5, 0.6) is 0 Å². The third kappa shape index (κ3) is 10.5. The molecule has 0 saturated carbocycles. The van der Waals surface area contributed by atoms with Crippen molar-refractivity contribution >= 4 is 36.1 Å². The Kier molecular flexibility index (Phi) is 12.2. The Morgan fingerprint density at radius 2 is 1.53 bits per heavy atom. The number of carboxylic acid groups (broad SMARTS) is 1. The minimum atomic E-state index is -1.61. The van der Waals surface area contributed by atoms with Crippen molar-refractivity contribution in [2.75, 3.05) is 13.6 Å². The first kappa shape index (κ1) is 30.0. The molecule has 0 fully saturated rings. The number of hydrogen-bond acceptors (Lipinski definition) is 4. The number of aliphatic hydroxyl groups is 1. The van der Waals surface area contributed by atoms with Gasteiger partial charge in [-0.1, -0.05) is 73.1 Å². The summed E-state index contributed by atoms with van der Waals surface area (Å²) < 4.78 is 7.26. The van der Waals surface area contributed by atoms with Gasteiger partial charge in [-0.15, -0.1) is 0 Å². The van der Waals surface area contributed by atoms with Crippen LogP contribution in [0.25, 0.3) is 0 Å². The molecule has 1 amide bonds. The summed E-state index contributed by atoms with van der Waals surface area (Å²) in [6.45, 7) is 12.4. The van der Waals surface area contributed by atoms with E-state index < -0.39 is 14.4 Å². The molecular formula is C26H38BrNO5Si. The van der Waals surface area contributed by atoms with Gasteiger partial charge in [0.25, 0.3) is 0 Å². The third-order valence-electron chi connectivity index (χ3n) is 6.00. The van der Waals surface area contributed by atoms with Crippen molar-refractivity contribution in [1.82, 2.24) is 4.90 Å². The molecule has 2 N–H and O–H groups in total. The maximum atomic E-state index is 11.8. The fourth-order valence-corrected chi connectivity index (χ4v) is 3.80. The summed E-state index contributed by atoms with van der Waals surface area (Å²) in [5.74, 6) is -0.0155. The first-order valence-electron chi connectivity index (χ1n) is 11.3. The lowest BCUT2D eigenvalue weighted by molar-refractivity contribution is 0.0973. The van der Waals surface area contributed by atoms with Crippen molar-refractivity contribution in [1.29, 1.82) is 0 Å². The van der Waals surface area contributed by atoms with Gasteiger partial charge in [-0.25, -0.2) is 4.79 Å². The molecule has 0 aliphatic heterocycles. The van der Waals surface area contributed by atoms with Crippen molar-refractivity contribution in [3.05, 3.63) is 69.7 Å². The van der Waals surface area contributed by atoms with Crippen LogP contribution in [0.15, 0.2) is 53.0 Å². The summed E-state index contributed by atoms with van der Waals surface area (Å²) in [4.78, 5) is 23.5. The number of carbonyl (C=O) groups excluding carboxylic acids is 1. The predicted molar refractivity (Wildman–Crippen MR) is 143 cm³/mol. The van der Waals surface area contributed by atoms with Crippen molar-refractivity contribution in [3.8, 4) is 0 Å². The van der Waals surface area contributed by atoms with E-state index >= 15 is 0 Å². The van der Waals surface area contributed by atoms with Crippen LogP contribution in [0.4, 0.5) is 4.79 Å². The fraction of sp³-hybridized carbons (Fsp3) is 0.462. The molecule has 0 bridgehead atoms. The topological polar surface area (TPSA) is 87.1 Å². The van der Waals surface area contributed by atoms with E-state index in [0.717, 1.165) is 21.5 Å². The zero-order valence-electron chi connectivity index (χ0n) is 21.1. The van der Waals surface area contributed by atoms with E-state index in [2.05, 4.69) is 74.1 Å². The zero-order valence-corrected chi connectivity index (χ0v) is 23.7. The number of nitrogens with zero attached hydrogens (tertiary/aromatic N) is 1. The second-order valence-electron chi connectivity index (χ2n) is 9.76. The fourth-order valence-electron chi connectivity index (χ4n) is 2.57. The van der Waals surface area contributed by atoms with Gasteiger partial charge < -0.3 is 19.5 Å². The molecule has 0 aromatic heterocycles. The van der Waals surface area contributed by atoms with Crippen LogP contribution in [0.2, 0.25) is 18.1 Å². The molecule has 0 unspecified atom stereocenters. The highest BCUT2D eigenvalue weighted by Gasteiger charge is 2.36. The van der Waals surface area contributed by atoms with E-state index in [4.69, 9.17) is 14.6 Å². The highest BCUT2D eigenvalue weighted by Crippen LogP contribution is 2.37. The van der Waals surface area contributed by atoms with Crippen LogP contribution in [0.3, 0.4) is 0 Å². The van der Waals surface area contributed by atoms with Gasteiger partial charge >= 0.3 is 6.09 Å². The second-order valence-corrected chi connectivity index (χ2v) is 15.5. The van der Waals surface area contributed by atoms with E-state index in [9.17, 15) is 9.59 Å². The SMILES string of the molecule is CC(C)(C)[Si](C)(C)OCc1ccc(Br)cc1.CN(CCCC(=O)c1ccc(CO)cc1)C(=O)O. The molecule has 0 saturated heterocycles. The molecule has 0 radical (unpaired) electrons. The van der Waals surface area contributed by atoms with Gasteiger partial charge in [0.05, 0.1) is 13.2 Å². The minimum Gasteiger partial charge on any atom is -0.465 e. The van der Waals surface area contributed by atoms with Crippen molar-refractivity contribution in [2.45, 2.75) is 65.0 Å². The monoisotopic (exact) mass is 551 g/mol. The smallest absolute Gasteiger partial charge is 0.407 e. The van der Waals surface area contributed by atoms with Gasteiger partial charge in [-0.05, 0) is 47.8 Å². The van der Waals surface area contributed by atoms with E-state index in [1.807, 2.05) is 0 Å². The Labute approximate surface area is 213 Å². The van der Waals surface area contributed by atoms with Crippen LogP contribution < -0.4 is 0 Å². The quantitative estimate of drug-likeness (QED) is 0.266. The van der Waals surface area contributed by atoms with Gasteiger partial charge in [0.2, 0.25) is 0 Å². The second kappa shape index (κ2) is 13.8. The van der Waals surface area contributed by atoms with Gasteiger partial charge in [0.15, 0.2) is 14.1 Å². The molecule has 34 heavy (non-hydrogen) atoms. The average molecular weight is 553 g/mol. The Morgan fingerprint density at radius 1 is 1.00 bits per heavy atom. The summed E-state index contributed by atoms with van der Waals surface area (Å²) in [6, 6.07) is 15.1. The molecule has 0 heterocycles. The summed E-state index contributed by atoms with van der Waals surface area (Å²) in [7, 11) is -0.138. The van der Waals surface area contributed by atoms with Crippen molar-refractivity contribution in [3.63, 3.8) is 0 Å². The molecule has 2 aromatic carbocycles. The minimum absolute atomic E-state index is 0.0155. The molecule has 8 heteroatoms. The van der Waals surface area contributed by atoms with Crippen LogP contribution in [0.1, 0.15) is 55.1 Å². The maximum absolute atomic E-state index is 11.8. The first-order valence-corrected chi connectivity index (χ1v) is 15.0. The molecule has 0 aliphatic carbocycles. The lowest BCUT2D eigenvalue weighted by atomic mass is 10.0. The number of amides is 1. The number of carbonyl (C=O) groups is 2. The number of halogens is 1. The van der Waals surface area contributed by atoms with Crippen molar-refractivity contribution in [2.24, 2.45) is 0 Å². The van der Waals surface area contributed by atoms with Gasteiger partial charge in [-0.2, -0.15) is 0 Å². The van der Waals surface area contributed by atoms with Crippen LogP contribution >= 0.6 is 15.9 Å². The Balaban J connectivity index is 0.000000342. The Hall–Kier alpha value is -2.00. The van der Waals surface area contributed by atoms with Crippen LogP contribution in [-0.4, -0.2) is 48.9 Å². The van der Waals surface area contributed by atoms with Gasteiger partial charge in [0, 0.05) is 30.0 Å². The van der Waals surface area contributed by atoms with Gasteiger partial charge in [-0.3, -0.25) is 4.79 Å². The molecule has 2 rings (SSSR count). The Bertz CT molecular complexity index is 908. The Morgan fingerprint density at radius 3 is 2.00 bits per heavy atom. The maximum Gasteiger partial charge on any atom is 0.407 e. The number of hydrogen-bond donors (Lipinski definition) is 2. The predicted octanol–water partition coefficient (Wildman–Crippen LogP) is 6.72. The summed E-state index contributed by atoms with van der Waals surface area (Å²) >= 11 is 3.44. The highest BCUT2D eigenvalue weighted by molar-refractivity contribution is 9.10. The lowest BCUT2D eigenvalue weighted by Gasteiger charge is -2.36. The largest absolute Gasteiger partial charge is 0.465 e. The highest BCUT2D eigenvalue weighted by atomic mass is 79.9. The number of rotatable bonds is 9. The molecule has 0 aliphatic rings. The third-order valence-corrected chi connectivity index (χ3v) is 11.0. The summed E-state index contributed by atoms with van der Waals surface area (Å²) in [6.07, 6.45) is -0.172. The van der Waals surface area contributed by atoms with Crippen molar-refractivity contribution < 1.29 is 24.2 Å². The number of benzene rings is 2. The normalized spacial score (nSPS) is 11.4. The van der Waals surface area contributed by atoms with Gasteiger partial charge in [0.1, 0.15) is 0 Å². The number of ketones is 1. The molecule has 2 aromatic rings. The lowest BCUT2D eigenvalue weighted by Crippen LogP contribution is -2.40. The zero-order chi connectivity index (χ0) is 25.9. The van der Waals surface area contributed by atoms with E-state index in [0.29, 0.717) is 24.9 Å². The molecule has 188 valence electrons. The van der Waals surface area contributed by atoms with Crippen LogP contribution in [0, 0.1) is 0 Å². The number of Topliss-reactive ketones (excluding diaryl/α,β-unsaturated/α-hetero) is 1. The first-order chi connectivity index (χ1) is 15.8. The standard InChI is InChI=1S/C13H21BrOSi.C13H17NO4/c1-13(2,3)16(4,5)15-10-11-6-8-12(14)9-7-11;1-14(13(17)18)8-2-3-12(16)11-6-4-10(9-15)5-7-11/h6-9H,10H2,1-5H3;4-7,15H,2-3,8-9H2,1H3,(H,17,18). The van der Waals surface area contributed by atoms with Crippen LogP contribution in [-0.2, 0) is 17.6 Å².